The molecule has 550 valence electrons. The summed E-state index contributed by atoms with van der Waals surface area (Å²) in [5.41, 5.74) is 13.0. The van der Waals surface area contributed by atoms with E-state index in [9.17, 15) is 90.4 Å². The van der Waals surface area contributed by atoms with Crippen LogP contribution in [0.1, 0.15) is 63.0 Å². The topological polar surface area (TPSA) is 602 Å². The Morgan fingerprint density at radius 2 is 1.23 bits per heavy atom. The van der Waals surface area contributed by atoms with Crippen LogP contribution in [0.15, 0.2) is 64.6 Å². The third-order valence-electron chi connectivity index (χ3n) is 18.0. The Bertz CT molecular complexity index is 3130. The smallest absolute Gasteiger partial charge is 0.305 e. The Hall–Kier alpha value is -7.61. The molecule has 6 aliphatic rings. The molecule has 24 N–H and O–H groups in total. The molecule has 0 spiro atoms. The predicted molar refractivity (Wildman–Crippen MR) is 336 cm³/mol. The predicted octanol–water partition coefficient (Wildman–Crippen LogP) is -11.1. The second-order valence-corrected chi connectivity index (χ2v) is 24.9. The first kappa shape index (κ1) is 77.1. The molecule has 6 heterocycles. The van der Waals surface area contributed by atoms with Gasteiger partial charge in [-0.3, -0.25) is 43.5 Å². The first-order chi connectivity index (χ1) is 47.2. The summed E-state index contributed by atoms with van der Waals surface area (Å²) in [6.45, 7) is -1.79. The molecule has 25 atom stereocenters. The van der Waals surface area contributed by atoms with Crippen molar-refractivity contribution in [1.29, 1.82) is 0 Å². The van der Waals surface area contributed by atoms with E-state index in [-0.39, 0.29) is 30.2 Å². The molecular weight excluding hydrogens is 1320 g/mol. The number of aliphatic imine (C=N–C) groups is 2. The molecule has 5 unspecified atom stereocenters. The van der Waals surface area contributed by atoms with Gasteiger partial charge in [-0.05, 0) is 29.7 Å². The molecule has 2 aromatic carbocycles. The van der Waals surface area contributed by atoms with E-state index >= 15 is 9.59 Å². The minimum Gasteiger partial charge on any atom is -0.463 e. The van der Waals surface area contributed by atoms with E-state index < -0.39 is 246 Å². The molecule has 99 heavy (non-hydrogen) atoms. The molecule has 0 bridgehead atoms. The number of benzene rings is 2. The first-order valence-electron chi connectivity index (χ1n) is 32.3. The van der Waals surface area contributed by atoms with Crippen molar-refractivity contribution < 1.29 is 128 Å². The van der Waals surface area contributed by atoms with Crippen molar-refractivity contribution in [2.24, 2.45) is 21.5 Å². The summed E-state index contributed by atoms with van der Waals surface area (Å²) in [6, 6.07) is 0.677. The van der Waals surface area contributed by atoms with Crippen molar-refractivity contribution in [3.05, 3.63) is 65.7 Å². The molecule has 6 amide bonds. The summed E-state index contributed by atoms with van der Waals surface area (Å²) in [4.78, 5) is 110. The van der Waals surface area contributed by atoms with Crippen molar-refractivity contribution in [2.45, 2.75) is 205 Å². The second kappa shape index (κ2) is 35.1. The maximum Gasteiger partial charge on any atom is 0.305 e. The Labute approximate surface area is 566 Å². The van der Waals surface area contributed by atoms with Gasteiger partial charge in [0.25, 0.3) is 0 Å². The van der Waals surface area contributed by atoms with E-state index in [0.29, 0.717) is 12.0 Å². The minimum absolute atomic E-state index is 0.0118. The average Bonchev–Trinajstić information content (AvgIpc) is 1.74. The average molecular weight is 1410 g/mol. The number of hydrogen-bond acceptors (Lipinski definition) is 32. The number of aliphatic hydroxyl groups is 13. The zero-order chi connectivity index (χ0) is 72.1. The van der Waals surface area contributed by atoms with Gasteiger partial charge in [0.05, 0.1) is 51.5 Å². The number of unbranched alkanes of at least 4 members (excludes halogenated alkanes) is 3. The Balaban J connectivity index is 1.10. The number of guanidine groups is 2. The molecule has 0 radical (unpaired) electrons. The Kier molecular flexibility index (Phi) is 27.4. The number of carbonyl (C=O) groups is 7. The third kappa shape index (κ3) is 18.7. The first-order valence-corrected chi connectivity index (χ1v) is 32.3. The highest BCUT2D eigenvalue weighted by Gasteiger charge is 2.54. The zero-order valence-corrected chi connectivity index (χ0v) is 53.9. The molecule has 0 aliphatic carbocycles. The largest absolute Gasteiger partial charge is 0.463 e. The van der Waals surface area contributed by atoms with Crippen molar-refractivity contribution >= 4 is 53.3 Å². The molecule has 4 saturated heterocycles. The van der Waals surface area contributed by atoms with Crippen LogP contribution in [0.3, 0.4) is 0 Å². The van der Waals surface area contributed by atoms with Gasteiger partial charge in [0, 0.05) is 18.8 Å². The zero-order valence-electron chi connectivity index (χ0n) is 53.9. The van der Waals surface area contributed by atoms with Gasteiger partial charge in [0.2, 0.25) is 41.7 Å². The third-order valence-corrected chi connectivity index (χ3v) is 18.0. The van der Waals surface area contributed by atoms with E-state index in [2.05, 4.69) is 47.2 Å². The number of hydrogen-bond donors (Lipinski definition) is 22. The fourth-order valence-electron chi connectivity index (χ4n) is 12.1. The van der Waals surface area contributed by atoms with E-state index in [1.165, 1.54) is 24.3 Å². The van der Waals surface area contributed by atoms with E-state index in [1.54, 1.807) is 37.3 Å². The number of nitrogens with zero attached hydrogens (tertiary/aromatic N) is 3. The highest BCUT2D eigenvalue weighted by atomic mass is 16.7. The summed E-state index contributed by atoms with van der Waals surface area (Å²) in [5, 5.41) is 160. The minimum atomic E-state index is -2.37. The Morgan fingerprint density at radius 3 is 1.89 bits per heavy atom. The summed E-state index contributed by atoms with van der Waals surface area (Å²) in [7, 11) is 0. The van der Waals surface area contributed by atoms with Gasteiger partial charge in [-0.15, -0.1) is 0 Å². The van der Waals surface area contributed by atoms with Gasteiger partial charge in [-0.25, -0.2) is 0 Å². The van der Waals surface area contributed by atoms with Gasteiger partial charge in [-0.1, -0.05) is 75.6 Å². The van der Waals surface area contributed by atoms with Crippen LogP contribution in [0.25, 0.3) is 0 Å². The molecule has 38 nitrogen and oxygen atoms in total. The van der Waals surface area contributed by atoms with Crippen molar-refractivity contribution in [3.8, 4) is 5.75 Å². The van der Waals surface area contributed by atoms with Crippen LogP contribution in [0.4, 0.5) is 0 Å². The van der Waals surface area contributed by atoms with Crippen LogP contribution in [0.5, 0.6) is 5.75 Å². The fraction of sp³-hybridized carbons (Fsp3) is 0.656. The van der Waals surface area contributed by atoms with E-state index in [1.807, 2.05) is 6.92 Å². The number of nitrogens with one attached hydrogen (secondary N) is 7. The number of aliphatic hydroxyl groups excluding tert-OH is 13. The van der Waals surface area contributed by atoms with E-state index in [4.69, 9.17) is 39.9 Å². The summed E-state index contributed by atoms with van der Waals surface area (Å²) >= 11 is 0. The highest BCUT2D eigenvalue weighted by molar-refractivity contribution is 5.98. The molecule has 0 saturated carbocycles. The van der Waals surface area contributed by atoms with Gasteiger partial charge < -0.3 is 148 Å². The van der Waals surface area contributed by atoms with Gasteiger partial charge in [0.1, 0.15) is 128 Å². The lowest BCUT2D eigenvalue weighted by Crippen LogP contribution is -2.70. The van der Waals surface area contributed by atoms with Crippen molar-refractivity contribution in [1.82, 2.24) is 42.1 Å². The normalized spacial score (nSPS) is 35.4. The molecule has 6 aliphatic heterocycles. The number of carbonyl (C=O) groups excluding carboxylic acids is 7. The number of rotatable bonds is 23. The Morgan fingerprint density at radius 1 is 0.616 bits per heavy atom. The molecule has 2 aromatic rings. The molecule has 38 heteroatoms. The van der Waals surface area contributed by atoms with Gasteiger partial charge >= 0.3 is 5.97 Å². The lowest BCUT2D eigenvalue weighted by molar-refractivity contribution is -0.352. The lowest BCUT2D eigenvalue weighted by atomic mass is 9.92. The number of esters is 1. The number of nitrogens with two attached hydrogens (primary N) is 2. The van der Waals surface area contributed by atoms with Crippen LogP contribution in [0, 0.1) is 0 Å². The summed E-state index contributed by atoms with van der Waals surface area (Å²) in [5.74, 6) is -9.74. The fourth-order valence-corrected chi connectivity index (χ4v) is 12.1. The van der Waals surface area contributed by atoms with Crippen LogP contribution in [0.2, 0.25) is 0 Å². The number of amides is 6. The van der Waals surface area contributed by atoms with Gasteiger partial charge in [0.15, 0.2) is 24.4 Å². The molecule has 0 aromatic heterocycles. The van der Waals surface area contributed by atoms with Crippen molar-refractivity contribution in [3.63, 3.8) is 0 Å². The maximum absolute atomic E-state index is 15.2. The molecule has 4 fully saturated rings. The van der Waals surface area contributed by atoms with Crippen molar-refractivity contribution in [2.75, 3.05) is 46.1 Å². The maximum atomic E-state index is 15.2. The monoisotopic (exact) mass is 1410 g/mol. The van der Waals surface area contributed by atoms with Crippen LogP contribution in [-0.2, 0) is 63.7 Å². The van der Waals surface area contributed by atoms with Crippen LogP contribution in [-0.4, -0.2) is 317 Å². The summed E-state index contributed by atoms with van der Waals surface area (Å²) < 4.78 is 34.0. The van der Waals surface area contributed by atoms with E-state index in [0.717, 1.165) is 24.2 Å². The summed E-state index contributed by atoms with van der Waals surface area (Å²) in [6.07, 6.45) is -29.0. The van der Waals surface area contributed by atoms with Crippen LogP contribution < -0.4 is 53.4 Å². The lowest BCUT2D eigenvalue weighted by Gasteiger charge is -2.46. The second-order valence-electron chi connectivity index (χ2n) is 24.9. The highest BCUT2D eigenvalue weighted by Crippen LogP contribution is 2.33. The number of ether oxygens (including phenoxy) is 6. The van der Waals surface area contributed by atoms with Gasteiger partial charge in [-0.2, -0.15) is 0 Å². The van der Waals surface area contributed by atoms with Crippen LogP contribution >= 0.6 is 0 Å². The molecular formula is C61H90N12O26. The standard InChI is InChI=1S/C61H90N12O26/c1-3-4-5-9-12-37(78)94-24-35-44(82)45(83)48(86)57(96-35)73-32(19-66-61(73)63)42(80)40-55(92)68-31(21-74)52(89)64-20-36(77)70-38(25(2)27-10-7-6-8-11-27)54(91)67-29(53(90)71-39(56(93)72-40)41(79)30-18-65-60(62)69-30)17-26-13-15-28(16-14-26)95-58-50(88)47(85)51(34(23-76)98-58)99-59-49(87)46(84)43(81)33(22-75)97-59/h6-8,10-11,13-16,25,29-35,38-51,57-59,74-76,79-88H,3-5,9,12,17-24H2,1-2H3,(H2,63,66)(H,64,89)(H,67,91)(H,68,92)(H,70,77)(H,71,90)(H,72,93)(H3,62,65,69)/t25?,29-,30?,31+,32?,33-,34-,35-,38+,39+,40-,41?,42?,43-,44-,45+,46+,47-,48+,49+,50+,51-,57+,58+,59-/m1/s1. The molecule has 8 rings (SSSR count). The quantitative estimate of drug-likeness (QED) is 0.0363. The SMILES string of the molecule is CCCCCCC(=O)OC[C@H]1O[C@H](N2C(N)=NCC2C(O)[C@H]2NC(=O)[C@H](C(O)C3CN=C(N)N3)NC(=O)[C@@H](Cc3ccc(O[C@H]4O[C@H](CO)[C@@H](O[C@H]5O[C@H](CO)[C@@H](O)[C@H](O)[C@@H]5O)[C@H](O)[C@@H]4O)cc3)NC(=O)[C@H](C(C)c3ccccc3)NC(=O)CNC(=O)[C@H](CO)NC2=O)[C@@H](O)[C@@H](O)[C@@H]1O.